The quantitative estimate of drug-likeness (QED) is 0.478. The highest BCUT2D eigenvalue weighted by Gasteiger charge is 2.40. The summed E-state index contributed by atoms with van der Waals surface area (Å²) < 4.78 is 1.98. The first-order valence-electron chi connectivity index (χ1n) is 8.27. The molecule has 1 aliphatic carbocycles. The molecule has 1 fully saturated rings. The first kappa shape index (κ1) is 16.5. The number of nitrogens with zero attached hydrogens (tertiary/aromatic N) is 3. The summed E-state index contributed by atoms with van der Waals surface area (Å²) in [7, 11) is 4.40. The van der Waals surface area contributed by atoms with Gasteiger partial charge in [-0.15, -0.1) is 0 Å². The van der Waals surface area contributed by atoms with Crippen molar-refractivity contribution in [2.75, 3.05) is 14.1 Å². The standard InChI is InChI=1S/C16H31N5/c1-4-21-13-14(12-18-21)11-15(19-17)16(20(2)3)9-7-5-6-8-10-16/h12-13,15,19H,4-11,17H2,1-3H3. The van der Waals surface area contributed by atoms with Crippen molar-refractivity contribution >= 4 is 0 Å². The Morgan fingerprint density at radius 2 is 2.00 bits per heavy atom. The number of aryl methyl sites for hydroxylation is 1. The molecule has 1 heterocycles. The number of hydrogen-bond donors (Lipinski definition) is 2. The molecule has 5 heteroatoms. The summed E-state index contributed by atoms with van der Waals surface area (Å²) in [5, 5.41) is 4.39. The minimum Gasteiger partial charge on any atom is -0.302 e. The molecule has 3 N–H and O–H groups in total. The number of hydrazine groups is 1. The van der Waals surface area contributed by atoms with E-state index < -0.39 is 0 Å². The van der Waals surface area contributed by atoms with Gasteiger partial charge < -0.3 is 4.90 Å². The molecule has 0 aromatic carbocycles. The molecule has 1 saturated carbocycles. The van der Waals surface area contributed by atoms with Crippen LogP contribution in [0.15, 0.2) is 12.4 Å². The van der Waals surface area contributed by atoms with Crippen LogP contribution in [-0.4, -0.2) is 40.4 Å². The second-order valence-electron chi connectivity index (χ2n) is 6.54. The second kappa shape index (κ2) is 7.38. The van der Waals surface area contributed by atoms with Crippen molar-refractivity contribution in [2.24, 2.45) is 5.84 Å². The second-order valence-corrected chi connectivity index (χ2v) is 6.54. The van der Waals surface area contributed by atoms with E-state index in [4.69, 9.17) is 5.84 Å². The van der Waals surface area contributed by atoms with E-state index >= 15 is 0 Å². The number of hydrogen-bond acceptors (Lipinski definition) is 4. The van der Waals surface area contributed by atoms with Crippen LogP contribution in [0.2, 0.25) is 0 Å². The summed E-state index contributed by atoms with van der Waals surface area (Å²) in [5.41, 5.74) is 4.54. The Hall–Kier alpha value is -0.910. The largest absolute Gasteiger partial charge is 0.302 e. The van der Waals surface area contributed by atoms with Gasteiger partial charge in [0.05, 0.1) is 6.20 Å². The van der Waals surface area contributed by atoms with Gasteiger partial charge >= 0.3 is 0 Å². The molecule has 1 aromatic heterocycles. The lowest BCUT2D eigenvalue weighted by molar-refractivity contribution is 0.0801. The van der Waals surface area contributed by atoms with E-state index in [0.717, 1.165) is 13.0 Å². The fourth-order valence-corrected chi connectivity index (χ4v) is 3.77. The monoisotopic (exact) mass is 293 g/mol. The third-order valence-corrected chi connectivity index (χ3v) is 5.16. The number of rotatable bonds is 6. The van der Waals surface area contributed by atoms with Crippen molar-refractivity contribution in [1.82, 2.24) is 20.1 Å². The molecular weight excluding hydrogens is 262 g/mol. The number of nitrogens with one attached hydrogen (secondary N) is 1. The van der Waals surface area contributed by atoms with E-state index in [1.165, 1.54) is 44.1 Å². The summed E-state index contributed by atoms with van der Waals surface area (Å²) in [6.07, 6.45) is 12.8. The number of aromatic nitrogens is 2. The van der Waals surface area contributed by atoms with E-state index in [0.29, 0.717) is 0 Å². The van der Waals surface area contributed by atoms with Crippen LogP contribution in [0.3, 0.4) is 0 Å². The van der Waals surface area contributed by atoms with Gasteiger partial charge in [-0.05, 0) is 45.8 Å². The molecule has 1 aliphatic rings. The highest BCUT2D eigenvalue weighted by atomic mass is 15.3. The molecule has 1 atom stereocenters. The highest BCUT2D eigenvalue weighted by molar-refractivity contribution is 5.11. The smallest absolute Gasteiger partial charge is 0.0522 e. The van der Waals surface area contributed by atoms with E-state index in [1.807, 2.05) is 10.9 Å². The lowest BCUT2D eigenvalue weighted by Gasteiger charge is -2.45. The normalized spacial score (nSPS) is 20.4. The van der Waals surface area contributed by atoms with Crippen LogP contribution in [-0.2, 0) is 13.0 Å². The molecule has 0 saturated heterocycles. The van der Waals surface area contributed by atoms with Crippen molar-refractivity contribution in [2.45, 2.75) is 70.0 Å². The molecule has 1 aromatic rings. The lowest BCUT2D eigenvalue weighted by Crippen LogP contribution is -2.61. The maximum Gasteiger partial charge on any atom is 0.0522 e. The van der Waals surface area contributed by atoms with Crippen LogP contribution in [0.25, 0.3) is 0 Å². The van der Waals surface area contributed by atoms with Crippen LogP contribution >= 0.6 is 0 Å². The predicted octanol–water partition coefficient (Wildman–Crippen LogP) is 1.93. The zero-order valence-electron chi connectivity index (χ0n) is 13.8. The van der Waals surface area contributed by atoms with Crippen molar-refractivity contribution < 1.29 is 0 Å². The first-order chi connectivity index (χ1) is 10.1. The molecule has 5 nitrogen and oxygen atoms in total. The van der Waals surface area contributed by atoms with Crippen LogP contribution in [0.5, 0.6) is 0 Å². The van der Waals surface area contributed by atoms with Crippen LogP contribution in [0.4, 0.5) is 0 Å². The van der Waals surface area contributed by atoms with Gasteiger partial charge in [-0.3, -0.25) is 16.0 Å². The third-order valence-electron chi connectivity index (χ3n) is 5.16. The third kappa shape index (κ3) is 3.65. The fourth-order valence-electron chi connectivity index (χ4n) is 3.77. The molecular formula is C16H31N5. The lowest BCUT2D eigenvalue weighted by atomic mass is 9.79. The molecule has 1 unspecified atom stereocenters. The van der Waals surface area contributed by atoms with E-state index in [9.17, 15) is 0 Å². The van der Waals surface area contributed by atoms with Crippen LogP contribution in [0, 0.1) is 0 Å². The Bertz CT molecular complexity index is 418. The van der Waals surface area contributed by atoms with Gasteiger partial charge in [0.2, 0.25) is 0 Å². The average Bonchev–Trinajstić information content (AvgIpc) is 2.79. The van der Waals surface area contributed by atoms with Crippen molar-refractivity contribution in [1.29, 1.82) is 0 Å². The molecule has 21 heavy (non-hydrogen) atoms. The molecule has 0 radical (unpaired) electrons. The van der Waals surface area contributed by atoms with E-state index in [-0.39, 0.29) is 11.6 Å². The summed E-state index contributed by atoms with van der Waals surface area (Å²) >= 11 is 0. The summed E-state index contributed by atoms with van der Waals surface area (Å²) in [4.78, 5) is 2.40. The van der Waals surface area contributed by atoms with Crippen LogP contribution < -0.4 is 11.3 Å². The zero-order valence-corrected chi connectivity index (χ0v) is 13.8. The minimum atomic E-state index is 0.152. The number of nitrogens with two attached hydrogens (primary N) is 1. The predicted molar refractivity (Wildman–Crippen MR) is 86.8 cm³/mol. The summed E-state index contributed by atoms with van der Waals surface area (Å²) in [6.45, 7) is 3.03. The topological polar surface area (TPSA) is 59.1 Å². The van der Waals surface area contributed by atoms with Gasteiger partial charge in [-0.25, -0.2) is 0 Å². The highest BCUT2D eigenvalue weighted by Crippen LogP contribution is 2.35. The summed E-state index contributed by atoms with van der Waals surface area (Å²) in [6, 6.07) is 0.264. The van der Waals surface area contributed by atoms with E-state index in [1.54, 1.807) is 0 Å². The van der Waals surface area contributed by atoms with Gasteiger partial charge in [-0.2, -0.15) is 5.10 Å². The number of likely N-dealkylation sites (N-methyl/N-ethyl adjacent to an activating group) is 1. The average molecular weight is 293 g/mol. The van der Waals surface area contributed by atoms with Gasteiger partial charge in [-0.1, -0.05) is 25.7 Å². The zero-order chi connectivity index (χ0) is 15.3. The van der Waals surface area contributed by atoms with E-state index in [2.05, 4.69) is 42.6 Å². The Morgan fingerprint density at radius 1 is 1.33 bits per heavy atom. The first-order valence-corrected chi connectivity index (χ1v) is 8.27. The van der Waals surface area contributed by atoms with Gasteiger partial charge in [0.15, 0.2) is 0 Å². The molecule has 2 rings (SSSR count). The molecule has 120 valence electrons. The minimum absolute atomic E-state index is 0.152. The van der Waals surface area contributed by atoms with Crippen molar-refractivity contribution in [3.8, 4) is 0 Å². The Labute approximate surface area is 128 Å². The van der Waals surface area contributed by atoms with Crippen molar-refractivity contribution in [3.05, 3.63) is 18.0 Å². The van der Waals surface area contributed by atoms with Crippen molar-refractivity contribution in [3.63, 3.8) is 0 Å². The Balaban J connectivity index is 2.18. The summed E-state index contributed by atoms with van der Waals surface area (Å²) in [5.74, 6) is 5.96. The molecule has 0 bridgehead atoms. The molecule has 0 aliphatic heterocycles. The van der Waals surface area contributed by atoms with Gasteiger partial charge in [0, 0.05) is 24.3 Å². The SMILES string of the molecule is CCn1cc(CC(NN)C2(N(C)C)CCCCCC2)cn1. The molecule has 0 spiro atoms. The Kier molecular flexibility index (Phi) is 5.79. The molecule has 0 amide bonds. The van der Waals surface area contributed by atoms with Gasteiger partial charge in [0.25, 0.3) is 0 Å². The maximum absolute atomic E-state index is 5.96. The fraction of sp³-hybridized carbons (Fsp3) is 0.812. The van der Waals surface area contributed by atoms with Crippen LogP contribution in [0.1, 0.15) is 51.0 Å². The Morgan fingerprint density at radius 3 is 2.48 bits per heavy atom. The maximum atomic E-state index is 5.96. The van der Waals surface area contributed by atoms with Gasteiger partial charge in [0.1, 0.15) is 0 Å².